The van der Waals surface area contributed by atoms with E-state index in [0.717, 1.165) is 11.8 Å². The number of thioether (sulfide) groups is 1. The van der Waals surface area contributed by atoms with Gasteiger partial charge in [0.25, 0.3) is 0 Å². The van der Waals surface area contributed by atoms with Crippen molar-refractivity contribution in [2.75, 3.05) is 12.4 Å². The standard InChI is InChI=1S/C5H10O3S/c1-4(7)9-3-5(8)2-6/h5-6,8H,2-3H2,1H3. The van der Waals surface area contributed by atoms with Crippen molar-refractivity contribution in [3.63, 3.8) is 0 Å². The summed E-state index contributed by atoms with van der Waals surface area (Å²) in [6.45, 7) is 1.15. The molecule has 0 aromatic carbocycles. The number of rotatable bonds is 3. The zero-order chi connectivity index (χ0) is 7.28. The van der Waals surface area contributed by atoms with Crippen molar-refractivity contribution in [1.29, 1.82) is 0 Å². The van der Waals surface area contributed by atoms with Crippen LogP contribution in [0.25, 0.3) is 0 Å². The highest BCUT2D eigenvalue weighted by Gasteiger charge is 2.02. The molecule has 3 nitrogen and oxygen atoms in total. The van der Waals surface area contributed by atoms with Crippen LogP contribution in [0.5, 0.6) is 0 Å². The third-order valence-corrected chi connectivity index (χ3v) is 1.65. The van der Waals surface area contributed by atoms with Crippen LogP contribution in [0.15, 0.2) is 0 Å². The fourth-order valence-corrected chi connectivity index (χ4v) is 0.799. The topological polar surface area (TPSA) is 57.5 Å². The summed E-state index contributed by atoms with van der Waals surface area (Å²) in [5, 5.41) is 16.9. The van der Waals surface area contributed by atoms with Crippen LogP contribution >= 0.6 is 11.8 Å². The average Bonchev–Trinajstić information content (AvgIpc) is 1.83. The molecule has 0 aliphatic rings. The molecule has 0 bridgehead atoms. The van der Waals surface area contributed by atoms with Crippen LogP contribution in [-0.2, 0) is 4.79 Å². The number of aliphatic hydroxyl groups is 2. The first kappa shape index (κ1) is 8.94. The molecule has 1 unspecified atom stereocenters. The highest BCUT2D eigenvalue weighted by molar-refractivity contribution is 8.13. The molecular formula is C5H10O3S. The lowest BCUT2D eigenvalue weighted by molar-refractivity contribution is -0.109. The van der Waals surface area contributed by atoms with Gasteiger partial charge in [-0.1, -0.05) is 11.8 Å². The maximum atomic E-state index is 10.2. The molecular weight excluding hydrogens is 140 g/mol. The molecule has 0 aliphatic heterocycles. The maximum absolute atomic E-state index is 10.2. The van der Waals surface area contributed by atoms with Crippen molar-refractivity contribution in [2.45, 2.75) is 13.0 Å². The van der Waals surface area contributed by atoms with Crippen molar-refractivity contribution in [1.82, 2.24) is 0 Å². The fourth-order valence-electron chi connectivity index (χ4n) is 0.266. The van der Waals surface area contributed by atoms with Crippen molar-refractivity contribution in [3.05, 3.63) is 0 Å². The van der Waals surface area contributed by atoms with Crippen LogP contribution < -0.4 is 0 Å². The second-order valence-corrected chi connectivity index (χ2v) is 2.84. The summed E-state index contributed by atoms with van der Waals surface area (Å²) in [7, 11) is 0. The number of hydrogen-bond donors (Lipinski definition) is 2. The van der Waals surface area contributed by atoms with Gasteiger partial charge in [-0.05, 0) is 0 Å². The Morgan fingerprint density at radius 2 is 2.33 bits per heavy atom. The van der Waals surface area contributed by atoms with E-state index >= 15 is 0 Å². The molecule has 0 fully saturated rings. The number of aliphatic hydroxyl groups excluding tert-OH is 2. The minimum Gasteiger partial charge on any atom is -0.394 e. The molecule has 0 amide bonds. The van der Waals surface area contributed by atoms with Gasteiger partial charge in [0.1, 0.15) is 0 Å². The van der Waals surface area contributed by atoms with Gasteiger partial charge in [-0.2, -0.15) is 0 Å². The van der Waals surface area contributed by atoms with Crippen LogP contribution in [0.2, 0.25) is 0 Å². The molecule has 2 N–H and O–H groups in total. The van der Waals surface area contributed by atoms with E-state index in [9.17, 15) is 4.79 Å². The lowest BCUT2D eigenvalue weighted by Crippen LogP contribution is -2.15. The highest BCUT2D eigenvalue weighted by atomic mass is 32.2. The zero-order valence-electron chi connectivity index (χ0n) is 5.20. The van der Waals surface area contributed by atoms with Crippen molar-refractivity contribution in [3.8, 4) is 0 Å². The monoisotopic (exact) mass is 150 g/mol. The first-order chi connectivity index (χ1) is 4.16. The van der Waals surface area contributed by atoms with Crippen LogP contribution in [-0.4, -0.2) is 33.8 Å². The summed E-state index contributed by atoms with van der Waals surface area (Å²) >= 11 is 1.02. The van der Waals surface area contributed by atoms with E-state index in [0.29, 0.717) is 0 Å². The third-order valence-electron chi connectivity index (χ3n) is 0.690. The quantitative estimate of drug-likeness (QED) is 0.575. The summed E-state index contributed by atoms with van der Waals surface area (Å²) in [6, 6.07) is 0. The van der Waals surface area contributed by atoms with Gasteiger partial charge in [-0.25, -0.2) is 0 Å². The molecule has 0 heterocycles. The summed E-state index contributed by atoms with van der Waals surface area (Å²) in [4.78, 5) is 10.2. The molecule has 9 heavy (non-hydrogen) atoms. The van der Waals surface area contributed by atoms with E-state index in [4.69, 9.17) is 10.2 Å². The largest absolute Gasteiger partial charge is 0.394 e. The zero-order valence-corrected chi connectivity index (χ0v) is 6.02. The number of carbonyl (C=O) groups excluding carboxylic acids is 1. The Morgan fingerprint density at radius 1 is 1.78 bits per heavy atom. The minimum atomic E-state index is -0.765. The first-order valence-electron chi connectivity index (χ1n) is 2.59. The Kier molecular flexibility index (Phi) is 4.75. The van der Waals surface area contributed by atoms with Gasteiger partial charge in [0.05, 0.1) is 12.7 Å². The first-order valence-corrected chi connectivity index (χ1v) is 3.57. The fraction of sp³-hybridized carbons (Fsp3) is 0.800. The van der Waals surface area contributed by atoms with Gasteiger partial charge in [-0.15, -0.1) is 0 Å². The van der Waals surface area contributed by atoms with Crippen LogP contribution in [0.4, 0.5) is 0 Å². The Bertz CT molecular complexity index is 94.2. The molecule has 0 saturated heterocycles. The van der Waals surface area contributed by atoms with E-state index in [2.05, 4.69) is 0 Å². The minimum absolute atomic E-state index is 0.0394. The SMILES string of the molecule is CC(=O)SCC(O)CO. The van der Waals surface area contributed by atoms with Crippen LogP contribution in [0.1, 0.15) is 6.92 Å². The van der Waals surface area contributed by atoms with Crippen molar-refractivity contribution < 1.29 is 15.0 Å². The molecule has 0 radical (unpaired) electrons. The Hall–Kier alpha value is -0.0600. The second-order valence-electron chi connectivity index (χ2n) is 1.64. The van der Waals surface area contributed by atoms with Crippen molar-refractivity contribution in [2.24, 2.45) is 0 Å². The van der Waals surface area contributed by atoms with E-state index in [-0.39, 0.29) is 17.5 Å². The van der Waals surface area contributed by atoms with E-state index in [1.54, 1.807) is 0 Å². The third kappa shape index (κ3) is 5.82. The summed E-state index contributed by atoms with van der Waals surface area (Å²) < 4.78 is 0. The number of carbonyl (C=O) groups is 1. The molecule has 0 saturated carbocycles. The Balaban J connectivity index is 3.16. The molecule has 0 rings (SSSR count). The van der Waals surface area contributed by atoms with Gasteiger partial charge in [0.2, 0.25) is 0 Å². The Morgan fingerprint density at radius 3 is 2.67 bits per heavy atom. The summed E-state index contributed by atoms with van der Waals surface area (Å²) in [5.41, 5.74) is 0. The second kappa shape index (κ2) is 4.78. The van der Waals surface area contributed by atoms with Crippen molar-refractivity contribution >= 4 is 16.9 Å². The van der Waals surface area contributed by atoms with E-state index < -0.39 is 6.10 Å². The normalized spacial score (nSPS) is 13.2. The van der Waals surface area contributed by atoms with Gasteiger partial charge in [-0.3, -0.25) is 4.79 Å². The summed E-state index contributed by atoms with van der Waals surface area (Å²) in [5.74, 6) is 0.284. The Labute approximate surface area is 58.1 Å². The van der Waals surface area contributed by atoms with E-state index in [1.807, 2.05) is 0 Å². The predicted molar refractivity (Wildman–Crippen MR) is 36.2 cm³/mol. The molecule has 0 aromatic rings. The lowest BCUT2D eigenvalue weighted by Gasteiger charge is -2.02. The predicted octanol–water partition coefficient (Wildman–Crippen LogP) is -0.381. The molecule has 4 heteroatoms. The smallest absolute Gasteiger partial charge is 0.185 e. The lowest BCUT2D eigenvalue weighted by atomic mass is 10.4. The van der Waals surface area contributed by atoms with Gasteiger partial charge < -0.3 is 10.2 Å². The molecule has 0 aliphatic carbocycles. The molecule has 54 valence electrons. The maximum Gasteiger partial charge on any atom is 0.185 e. The van der Waals surface area contributed by atoms with E-state index in [1.165, 1.54) is 6.92 Å². The molecule has 0 aromatic heterocycles. The average molecular weight is 150 g/mol. The summed E-state index contributed by atoms with van der Waals surface area (Å²) in [6.07, 6.45) is -0.765. The molecule has 1 atom stereocenters. The van der Waals surface area contributed by atoms with Gasteiger partial charge >= 0.3 is 0 Å². The number of hydrogen-bond acceptors (Lipinski definition) is 4. The highest BCUT2D eigenvalue weighted by Crippen LogP contribution is 2.02. The molecule has 0 spiro atoms. The van der Waals surface area contributed by atoms with Crippen LogP contribution in [0.3, 0.4) is 0 Å². The van der Waals surface area contributed by atoms with Gasteiger partial charge in [0, 0.05) is 12.7 Å². The van der Waals surface area contributed by atoms with Crippen LogP contribution in [0, 0.1) is 0 Å². The van der Waals surface area contributed by atoms with Gasteiger partial charge in [0.15, 0.2) is 5.12 Å².